The van der Waals surface area contributed by atoms with Crippen LogP contribution in [0.5, 0.6) is 11.5 Å². The van der Waals surface area contributed by atoms with Gasteiger partial charge in [0.2, 0.25) is 0 Å². The van der Waals surface area contributed by atoms with Gasteiger partial charge in [0, 0.05) is 17.0 Å². The van der Waals surface area contributed by atoms with Crippen molar-refractivity contribution < 1.29 is 4.74 Å². The predicted molar refractivity (Wildman–Crippen MR) is 129 cm³/mol. The van der Waals surface area contributed by atoms with Gasteiger partial charge in [-0.1, -0.05) is 63.2 Å². The molecule has 3 heteroatoms. The van der Waals surface area contributed by atoms with Crippen LogP contribution in [0, 0.1) is 20.8 Å². The molecule has 5 rings (SSSR count). The minimum atomic E-state index is 0.0977. The highest BCUT2D eigenvalue weighted by molar-refractivity contribution is 5.99. The molecule has 0 saturated carbocycles. The van der Waals surface area contributed by atoms with E-state index in [2.05, 4.69) is 88.9 Å². The highest BCUT2D eigenvalue weighted by Crippen LogP contribution is 2.53. The van der Waals surface area contributed by atoms with Gasteiger partial charge in [-0.05, 0) is 60.6 Å². The number of para-hydroxylation sites is 2. The molecule has 31 heavy (non-hydrogen) atoms. The largest absolute Gasteiger partial charge is 0.451 e. The van der Waals surface area contributed by atoms with Gasteiger partial charge in [0.05, 0.1) is 11.4 Å². The average Bonchev–Trinajstić information content (AvgIpc) is 2.72. The SMILES string of the molecule is Cc1cc(C(C)(C)C)cc(C)c1N1c2ccccc2Oc2c1ncc1cccc(C)c21. The summed E-state index contributed by atoms with van der Waals surface area (Å²) in [5.74, 6) is 2.52. The number of anilines is 3. The Morgan fingerprint density at radius 3 is 2.26 bits per heavy atom. The number of aromatic nitrogens is 1. The van der Waals surface area contributed by atoms with Crippen LogP contribution in [0.3, 0.4) is 0 Å². The molecule has 0 saturated heterocycles. The summed E-state index contributed by atoms with van der Waals surface area (Å²) in [6.45, 7) is 13.3. The van der Waals surface area contributed by atoms with Gasteiger partial charge in [-0.3, -0.25) is 4.90 Å². The first-order valence-electron chi connectivity index (χ1n) is 10.8. The van der Waals surface area contributed by atoms with Crippen LogP contribution in [-0.2, 0) is 5.41 Å². The van der Waals surface area contributed by atoms with Crippen LogP contribution in [0.2, 0.25) is 0 Å². The fourth-order valence-electron chi connectivity index (χ4n) is 4.59. The lowest BCUT2D eigenvalue weighted by Crippen LogP contribution is -2.20. The summed E-state index contributed by atoms with van der Waals surface area (Å²) in [5.41, 5.74) is 7.29. The van der Waals surface area contributed by atoms with Crippen molar-refractivity contribution in [2.45, 2.75) is 47.0 Å². The summed E-state index contributed by atoms with van der Waals surface area (Å²) in [5, 5.41) is 2.21. The summed E-state index contributed by atoms with van der Waals surface area (Å²) in [6.07, 6.45) is 1.96. The van der Waals surface area contributed by atoms with Gasteiger partial charge in [-0.15, -0.1) is 0 Å². The molecular weight excluding hydrogens is 380 g/mol. The third kappa shape index (κ3) is 3.07. The molecular formula is C28H28N2O. The van der Waals surface area contributed by atoms with Gasteiger partial charge < -0.3 is 4.74 Å². The predicted octanol–water partition coefficient (Wildman–Crippen LogP) is 8.03. The molecule has 1 aliphatic rings. The van der Waals surface area contributed by atoms with E-state index in [1.165, 1.54) is 27.9 Å². The standard InChI is InChI=1S/C28H28N2O/c1-17-10-9-11-20-16-29-27-26(24(17)20)31-23-13-8-7-12-22(23)30(27)25-18(2)14-21(15-19(25)3)28(4,5)6/h7-16H,1-6H3. The quantitative estimate of drug-likeness (QED) is 0.281. The number of benzene rings is 3. The zero-order chi connectivity index (χ0) is 21.9. The van der Waals surface area contributed by atoms with Gasteiger partial charge in [-0.2, -0.15) is 0 Å². The van der Waals surface area contributed by atoms with Gasteiger partial charge in [0.25, 0.3) is 0 Å². The van der Waals surface area contributed by atoms with E-state index in [1.807, 2.05) is 18.3 Å². The van der Waals surface area contributed by atoms with Crippen molar-refractivity contribution in [3.8, 4) is 11.5 Å². The fourth-order valence-corrected chi connectivity index (χ4v) is 4.59. The molecule has 0 aliphatic carbocycles. The minimum Gasteiger partial charge on any atom is -0.451 e. The highest BCUT2D eigenvalue weighted by atomic mass is 16.5. The second-order valence-electron chi connectivity index (χ2n) is 9.56. The second kappa shape index (κ2) is 6.84. The Hall–Kier alpha value is -3.33. The van der Waals surface area contributed by atoms with Crippen LogP contribution >= 0.6 is 0 Å². The van der Waals surface area contributed by atoms with E-state index in [-0.39, 0.29) is 5.41 Å². The molecule has 0 fully saturated rings. The van der Waals surface area contributed by atoms with E-state index in [9.17, 15) is 0 Å². The average molecular weight is 409 g/mol. The molecule has 156 valence electrons. The molecule has 0 spiro atoms. The Bertz CT molecular complexity index is 1310. The molecule has 0 radical (unpaired) electrons. The van der Waals surface area contributed by atoms with Gasteiger partial charge in [0.15, 0.2) is 17.3 Å². The van der Waals surface area contributed by atoms with E-state index in [0.29, 0.717) is 0 Å². The summed E-state index contributed by atoms with van der Waals surface area (Å²) in [6, 6.07) is 19.1. The Balaban J connectivity index is 1.83. The number of hydrogen-bond donors (Lipinski definition) is 0. The Morgan fingerprint density at radius 2 is 1.55 bits per heavy atom. The number of nitrogens with zero attached hydrogens (tertiary/aromatic N) is 2. The van der Waals surface area contributed by atoms with Crippen LogP contribution < -0.4 is 9.64 Å². The lowest BCUT2D eigenvalue weighted by atomic mass is 9.84. The minimum absolute atomic E-state index is 0.0977. The first-order valence-corrected chi connectivity index (χ1v) is 10.8. The summed E-state index contributed by atoms with van der Waals surface area (Å²) in [7, 11) is 0. The van der Waals surface area contributed by atoms with Crippen molar-refractivity contribution in [2.75, 3.05) is 4.90 Å². The number of fused-ring (bicyclic) bond motifs is 4. The normalized spacial score (nSPS) is 13.0. The lowest BCUT2D eigenvalue weighted by molar-refractivity contribution is 0.479. The molecule has 0 N–H and O–H groups in total. The van der Waals surface area contributed by atoms with Crippen molar-refractivity contribution in [1.82, 2.24) is 4.98 Å². The fraction of sp³-hybridized carbons (Fsp3) is 0.250. The number of rotatable bonds is 1. The Kier molecular flexibility index (Phi) is 4.33. The molecule has 0 amide bonds. The second-order valence-corrected chi connectivity index (χ2v) is 9.56. The number of hydrogen-bond acceptors (Lipinski definition) is 3. The molecule has 2 heterocycles. The number of pyridine rings is 1. The monoisotopic (exact) mass is 408 g/mol. The maximum absolute atomic E-state index is 6.48. The number of aryl methyl sites for hydroxylation is 3. The summed E-state index contributed by atoms with van der Waals surface area (Å²) < 4.78 is 6.48. The van der Waals surface area contributed by atoms with Crippen LogP contribution in [0.4, 0.5) is 17.2 Å². The maximum atomic E-state index is 6.48. The van der Waals surface area contributed by atoms with E-state index in [1.54, 1.807) is 0 Å². The van der Waals surface area contributed by atoms with Gasteiger partial charge in [0.1, 0.15) is 0 Å². The van der Waals surface area contributed by atoms with Crippen molar-refractivity contribution in [3.63, 3.8) is 0 Å². The highest BCUT2D eigenvalue weighted by Gasteiger charge is 2.31. The number of ether oxygens (including phenoxy) is 1. The van der Waals surface area contributed by atoms with Crippen molar-refractivity contribution in [3.05, 3.63) is 83.0 Å². The van der Waals surface area contributed by atoms with Crippen molar-refractivity contribution in [1.29, 1.82) is 0 Å². The Labute approximate surface area is 184 Å². The first-order chi connectivity index (χ1) is 14.8. The molecule has 1 aliphatic heterocycles. The molecule has 0 unspecified atom stereocenters. The van der Waals surface area contributed by atoms with Crippen LogP contribution in [-0.4, -0.2) is 4.98 Å². The molecule has 4 aromatic rings. The maximum Gasteiger partial charge on any atom is 0.182 e. The zero-order valence-corrected chi connectivity index (χ0v) is 19.1. The molecule has 3 aromatic carbocycles. The Morgan fingerprint density at radius 1 is 0.839 bits per heavy atom. The third-order valence-electron chi connectivity index (χ3n) is 6.17. The molecule has 0 bridgehead atoms. The van der Waals surface area contributed by atoms with Crippen molar-refractivity contribution >= 4 is 28.0 Å². The first kappa shape index (κ1) is 19.6. The van der Waals surface area contributed by atoms with E-state index in [4.69, 9.17) is 9.72 Å². The van der Waals surface area contributed by atoms with Crippen LogP contribution in [0.25, 0.3) is 10.8 Å². The zero-order valence-electron chi connectivity index (χ0n) is 19.1. The third-order valence-corrected chi connectivity index (χ3v) is 6.17. The van der Waals surface area contributed by atoms with Crippen LogP contribution in [0.15, 0.2) is 60.8 Å². The van der Waals surface area contributed by atoms with Crippen molar-refractivity contribution in [2.24, 2.45) is 0 Å². The van der Waals surface area contributed by atoms with E-state index < -0.39 is 0 Å². The summed E-state index contributed by atoms with van der Waals surface area (Å²) >= 11 is 0. The lowest BCUT2D eigenvalue weighted by Gasteiger charge is -2.35. The molecule has 0 atom stereocenters. The van der Waals surface area contributed by atoms with E-state index in [0.717, 1.165) is 33.8 Å². The summed E-state index contributed by atoms with van der Waals surface area (Å²) in [4.78, 5) is 7.17. The smallest absolute Gasteiger partial charge is 0.182 e. The van der Waals surface area contributed by atoms with Gasteiger partial charge >= 0.3 is 0 Å². The van der Waals surface area contributed by atoms with Crippen LogP contribution in [0.1, 0.15) is 43.0 Å². The molecule has 3 nitrogen and oxygen atoms in total. The molecule has 1 aromatic heterocycles. The topological polar surface area (TPSA) is 25.4 Å². The van der Waals surface area contributed by atoms with E-state index >= 15 is 0 Å². The van der Waals surface area contributed by atoms with Gasteiger partial charge in [-0.25, -0.2) is 4.98 Å².